The van der Waals surface area contributed by atoms with E-state index >= 15 is 0 Å². The molecule has 0 saturated carbocycles. The fraction of sp³-hybridized carbons (Fsp3) is 0.280. The number of aryl methyl sites for hydroxylation is 2. The SMILES string of the molecule is Cc1ccc(OC(Oc2ccc(C)cc2)c2ccc(C(C)(C)C)cc2)cc1. The van der Waals surface area contributed by atoms with Gasteiger partial charge in [-0.05, 0) is 49.1 Å². The van der Waals surface area contributed by atoms with Crippen LogP contribution in [0, 0.1) is 13.8 Å². The molecule has 0 aliphatic rings. The van der Waals surface area contributed by atoms with Crippen molar-refractivity contribution in [3.05, 3.63) is 95.1 Å². The molecule has 0 atom stereocenters. The fourth-order valence-electron chi connectivity index (χ4n) is 2.78. The van der Waals surface area contributed by atoms with Crippen LogP contribution in [0.5, 0.6) is 11.5 Å². The Bertz CT molecular complexity index is 807. The number of hydrogen-bond donors (Lipinski definition) is 0. The summed E-state index contributed by atoms with van der Waals surface area (Å²) in [7, 11) is 0. The monoisotopic (exact) mass is 360 g/mol. The van der Waals surface area contributed by atoms with E-state index in [0.29, 0.717) is 0 Å². The first-order chi connectivity index (χ1) is 12.8. The lowest BCUT2D eigenvalue weighted by Crippen LogP contribution is -2.16. The van der Waals surface area contributed by atoms with E-state index in [2.05, 4.69) is 58.9 Å². The largest absolute Gasteiger partial charge is 0.451 e. The molecule has 0 aromatic heterocycles. The summed E-state index contributed by atoms with van der Waals surface area (Å²) in [5, 5.41) is 0. The lowest BCUT2D eigenvalue weighted by molar-refractivity contribution is 0.00377. The minimum atomic E-state index is -0.510. The van der Waals surface area contributed by atoms with Gasteiger partial charge in [0.15, 0.2) is 0 Å². The van der Waals surface area contributed by atoms with Gasteiger partial charge < -0.3 is 9.47 Å². The number of rotatable bonds is 5. The van der Waals surface area contributed by atoms with Gasteiger partial charge in [-0.1, -0.05) is 80.4 Å². The highest BCUT2D eigenvalue weighted by Gasteiger charge is 2.18. The second-order valence-electron chi connectivity index (χ2n) is 8.07. The van der Waals surface area contributed by atoms with E-state index in [1.807, 2.05) is 48.5 Å². The van der Waals surface area contributed by atoms with Gasteiger partial charge >= 0.3 is 0 Å². The average Bonchev–Trinajstić information content (AvgIpc) is 2.64. The standard InChI is InChI=1S/C25H28O2/c1-18-6-14-22(15-7-18)26-24(27-23-16-8-19(2)9-17-23)20-10-12-21(13-11-20)25(3,4)5/h6-17,24H,1-5H3. The maximum atomic E-state index is 6.19. The zero-order valence-electron chi connectivity index (χ0n) is 16.8. The van der Waals surface area contributed by atoms with E-state index in [4.69, 9.17) is 9.47 Å². The van der Waals surface area contributed by atoms with Crippen molar-refractivity contribution in [3.8, 4) is 11.5 Å². The molecule has 0 saturated heterocycles. The Balaban J connectivity index is 1.88. The van der Waals surface area contributed by atoms with Gasteiger partial charge in [0.25, 0.3) is 6.29 Å². The van der Waals surface area contributed by atoms with Crippen molar-refractivity contribution in [3.63, 3.8) is 0 Å². The molecule has 0 amide bonds. The van der Waals surface area contributed by atoms with Gasteiger partial charge in [-0.2, -0.15) is 0 Å². The van der Waals surface area contributed by atoms with E-state index in [1.54, 1.807) is 0 Å². The van der Waals surface area contributed by atoms with Crippen LogP contribution in [-0.2, 0) is 5.41 Å². The second kappa shape index (κ2) is 7.87. The zero-order valence-corrected chi connectivity index (χ0v) is 16.8. The van der Waals surface area contributed by atoms with Crippen molar-refractivity contribution in [1.29, 1.82) is 0 Å². The third kappa shape index (κ3) is 5.13. The fourth-order valence-corrected chi connectivity index (χ4v) is 2.78. The summed E-state index contributed by atoms with van der Waals surface area (Å²) < 4.78 is 12.4. The normalized spacial score (nSPS) is 11.5. The first-order valence-electron chi connectivity index (χ1n) is 9.38. The Morgan fingerprint density at radius 2 is 1.00 bits per heavy atom. The average molecular weight is 360 g/mol. The van der Waals surface area contributed by atoms with E-state index in [-0.39, 0.29) is 5.41 Å². The van der Waals surface area contributed by atoms with E-state index in [1.165, 1.54) is 16.7 Å². The van der Waals surface area contributed by atoms with Crippen LogP contribution in [0.4, 0.5) is 0 Å². The minimum Gasteiger partial charge on any atom is -0.451 e. The van der Waals surface area contributed by atoms with Gasteiger partial charge in [-0.25, -0.2) is 0 Å². The molecule has 0 unspecified atom stereocenters. The molecule has 0 heterocycles. The van der Waals surface area contributed by atoms with E-state index < -0.39 is 6.29 Å². The lowest BCUT2D eigenvalue weighted by Gasteiger charge is -2.23. The van der Waals surface area contributed by atoms with Crippen LogP contribution in [-0.4, -0.2) is 0 Å². The second-order valence-corrected chi connectivity index (χ2v) is 8.07. The molecule has 0 bridgehead atoms. The first kappa shape index (κ1) is 19.0. The van der Waals surface area contributed by atoms with Crippen molar-refractivity contribution in [2.24, 2.45) is 0 Å². The summed E-state index contributed by atoms with van der Waals surface area (Å²) in [4.78, 5) is 0. The summed E-state index contributed by atoms with van der Waals surface area (Å²) in [6, 6.07) is 24.6. The molecule has 27 heavy (non-hydrogen) atoms. The van der Waals surface area contributed by atoms with Crippen LogP contribution in [0.15, 0.2) is 72.8 Å². The smallest absolute Gasteiger partial charge is 0.267 e. The maximum absolute atomic E-state index is 6.19. The molecule has 0 aliphatic carbocycles. The van der Waals surface area contributed by atoms with Crippen molar-refractivity contribution in [2.75, 3.05) is 0 Å². The predicted octanol–water partition coefficient (Wildman–Crippen LogP) is 6.76. The Kier molecular flexibility index (Phi) is 5.55. The molecule has 3 aromatic rings. The Morgan fingerprint density at radius 3 is 1.37 bits per heavy atom. The van der Waals surface area contributed by atoms with Crippen LogP contribution in [0.1, 0.15) is 49.3 Å². The highest BCUT2D eigenvalue weighted by atomic mass is 16.7. The molecule has 2 heteroatoms. The third-order valence-corrected chi connectivity index (χ3v) is 4.58. The summed E-state index contributed by atoms with van der Waals surface area (Å²) in [6.45, 7) is 10.8. The van der Waals surface area contributed by atoms with E-state index in [0.717, 1.165) is 17.1 Å². The quantitative estimate of drug-likeness (QED) is 0.468. The Hall–Kier alpha value is -2.74. The van der Waals surface area contributed by atoms with Gasteiger partial charge in [-0.15, -0.1) is 0 Å². The zero-order chi connectivity index (χ0) is 19.4. The first-order valence-corrected chi connectivity index (χ1v) is 9.38. The number of hydrogen-bond acceptors (Lipinski definition) is 2. The molecule has 0 fully saturated rings. The third-order valence-electron chi connectivity index (χ3n) is 4.58. The molecule has 0 N–H and O–H groups in total. The topological polar surface area (TPSA) is 18.5 Å². The number of ether oxygens (including phenoxy) is 2. The summed E-state index contributed by atoms with van der Waals surface area (Å²) >= 11 is 0. The Labute approximate surface area is 162 Å². The lowest BCUT2D eigenvalue weighted by atomic mass is 9.87. The molecule has 0 radical (unpaired) electrons. The molecular formula is C25H28O2. The van der Waals surface area contributed by atoms with E-state index in [9.17, 15) is 0 Å². The van der Waals surface area contributed by atoms with Gasteiger partial charge in [0.1, 0.15) is 11.5 Å². The molecule has 0 aliphatic heterocycles. The highest BCUT2D eigenvalue weighted by molar-refractivity contribution is 5.32. The highest BCUT2D eigenvalue weighted by Crippen LogP contribution is 2.29. The van der Waals surface area contributed by atoms with Crippen molar-refractivity contribution in [2.45, 2.75) is 46.3 Å². The maximum Gasteiger partial charge on any atom is 0.267 e. The molecular weight excluding hydrogens is 332 g/mol. The van der Waals surface area contributed by atoms with Crippen LogP contribution < -0.4 is 9.47 Å². The summed E-state index contributed by atoms with van der Waals surface area (Å²) in [5.74, 6) is 1.58. The molecule has 140 valence electrons. The predicted molar refractivity (Wildman–Crippen MR) is 111 cm³/mol. The molecule has 0 spiro atoms. The van der Waals surface area contributed by atoms with Gasteiger partial charge in [0, 0.05) is 5.56 Å². The summed E-state index contributed by atoms with van der Waals surface area (Å²) in [6.07, 6.45) is -0.510. The van der Waals surface area contributed by atoms with Gasteiger partial charge in [0.05, 0.1) is 0 Å². The van der Waals surface area contributed by atoms with Crippen molar-refractivity contribution in [1.82, 2.24) is 0 Å². The van der Waals surface area contributed by atoms with Crippen molar-refractivity contribution < 1.29 is 9.47 Å². The van der Waals surface area contributed by atoms with Crippen LogP contribution in [0.25, 0.3) is 0 Å². The molecule has 3 aromatic carbocycles. The minimum absolute atomic E-state index is 0.115. The Morgan fingerprint density at radius 1 is 0.593 bits per heavy atom. The van der Waals surface area contributed by atoms with Crippen LogP contribution in [0.2, 0.25) is 0 Å². The molecule has 3 rings (SSSR count). The van der Waals surface area contributed by atoms with Gasteiger partial charge in [0.2, 0.25) is 0 Å². The van der Waals surface area contributed by atoms with Crippen molar-refractivity contribution >= 4 is 0 Å². The van der Waals surface area contributed by atoms with Crippen LogP contribution in [0.3, 0.4) is 0 Å². The van der Waals surface area contributed by atoms with Crippen LogP contribution >= 0.6 is 0 Å². The summed E-state index contributed by atoms with van der Waals surface area (Å²) in [5.41, 5.74) is 4.80. The molecule has 2 nitrogen and oxygen atoms in total. The number of benzene rings is 3. The van der Waals surface area contributed by atoms with Gasteiger partial charge in [-0.3, -0.25) is 0 Å².